The van der Waals surface area contributed by atoms with Crippen molar-refractivity contribution in [1.29, 1.82) is 0 Å². The Balaban J connectivity index is 2.06. The molecule has 0 aromatic heterocycles. The van der Waals surface area contributed by atoms with E-state index in [1.165, 1.54) is 0 Å². The number of nitrogens with zero attached hydrogens (tertiary/aromatic N) is 1. The van der Waals surface area contributed by atoms with Gasteiger partial charge in [-0.05, 0) is 59.7 Å². The minimum Gasteiger partial charge on any atom is -0.392 e. The van der Waals surface area contributed by atoms with Gasteiger partial charge in [-0.2, -0.15) is 0 Å². The molecule has 0 fully saturated rings. The fourth-order valence-corrected chi connectivity index (χ4v) is 2.65. The van der Waals surface area contributed by atoms with E-state index in [9.17, 15) is 15.0 Å². The van der Waals surface area contributed by atoms with Gasteiger partial charge in [-0.3, -0.25) is 4.79 Å². The molecule has 0 saturated carbocycles. The standard InChI is InChI=1S/C21H19NO3/c23-13-16-1-7-19(8-2-16)22(20-9-3-17(14-24)4-10-20)21-11-5-18(15-25)6-12-21/h1-13,24-25H,14-15H2. The molecule has 0 unspecified atom stereocenters. The van der Waals surface area contributed by atoms with Crippen molar-refractivity contribution in [3.8, 4) is 0 Å². The average Bonchev–Trinajstić information content (AvgIpc) is 2.70. The van der Waals surface area contributed by atoms with E-state index in [1.807, 2.05) is 60.7 Å². The Kier molecular flexibility index (Phi) is 5.23. The third-order valence-electron chi connectivity index (χ3n) is 4.04. The molecule has 0 spiro atoms. The first kappa shape index (κ1) is 16.9. The highest BCUT2D eigenvalue weighted by atomic mass is 16.3. The van der Waals surface area contributed by atoms with Crippen molar-refractivity contribution in [1.82, 2.24) is 0 Å². The maximum Gasteiger partial charge on any atom is 0.150 e. The van der Waals surface area contributed by atoms with Crippen LogP contribution < -0.4 is 4.90 Å². The number of rotatable bonds is 6. The van der Waals surface area contributed by atoms with Crippen molar-refractivity contribution in [2.75, 3.05) is 4.90 Å². The first-order valence-corrected chi connectivity index (χ1v) is 8.00. The second-order valence-electron chi connectivity index (χ2n) is 5.69. The third kappa shape index (κ3) is 3.76. The van der Waals surface area contributed by atoms with E-state index in [2.05, 4.69) is 4.90 Å². The molecule has 0 amide bonds. The van der Waals surface area contributed by atoms with Crippen LogP contribution in [0.4, 0.5) is 17.1 Å². The average molecular weight is 333 g/mol. The number of carbonyl (C=O) groups is 1. The highest BCUT2D eigenvalue weighted by Crippen LogP contribution is 2.34. The molecule has 2 N–H and O–H groups in total. The van der Waals surface area contributed by atoms with E-state index in [0.717, 1.165) is 34.5 Å². The van der Waals surface area contributed by atoms with E-state index in [0.29, 0.717) is 5.56 Å². The molecule has 0 atom stereocenters. The van der Waals surface area contributed by atoms with Gasteiger partial charge in [-0.1, -0.05) is 24.3 Å². The SMILES string of the molecule is O=Cc1ccc(N(c2ccc(CO)cc2)c2ccc(CO)cc2)cc1. The number of carbonyl (C=O) groups excluding carboxylic acids is 1. The van der Waals surface area contributed by atoms with Crippen LogP contribution in [0.25, 0.3) is 0 Å². The number of hydrogen-bond donors (Lipinski definition) is 2. The quantitative estimate of drug-likeness (QED) is 0.671. The first-order valence-electron chi connectivity index (χ1n) is 8.00. The van der Waals surface area contributed by atoms with Crippen molar-refractivity contribution in [2.24, 2.45) is 0 Å². The lowest BCUT2D eigenvalue weighted by Crippen LogP contribution is -2.10. The summed E-state index contributed by atoms with van der Waals surface area (Å²) in [6.07, 6.45) is 0.820. The zero-order valence-electron chi connectivity index (χ0n) is 13.7. The molecular weight excluding hydrogens is 314 g/mol. The third-order valence-corrected chi connectivity index (χ3v) is 4.04. The Labute approximate surface area is 146 Å². The van der Waals surface area contributed by atoms with Crippen LogP contribution in [0, 0.1) is 0 Å². The van der Waals surface area contributed by atoms with Gasteiger partial charge in [0.25, 0.3) is 0 Å². The van der Waals surface area contributed by atoms with E-state index in [1.54, 1.807) is 12.1 Å². The molecule has 25 heavy (non-hydrogen) atoms. The van der Waals surface area contributed by atoms with Gasteiger partial charge < -0.3 is 15.1 Å². The van der Waals surface area contributed by atoms with Crippen LogP contribution in [-0.2, 0) is 13.2 Å². The number of hydrogen-bond acceptors (Lipinski definition) is 4. The van der Waals surface area contributed by atoms with E-state index in [-0.39, 0.29) is 13.2 Å². The van der Waals surface area contributed by atoms with E-state index < -0.39 is 0 Å². The Bertz CT molecular complexity index is 777. The van der Waals surface area contributed by atoms with E-state index in [4.69, 9.17) is 0 Å². The molecule has 0 saturated heterocycles. The predicted octanol–water partition coefficient (Wildman–Crippen LogP) is 3.95. The minimum atomic E-state index is -0.000487. The zero-order chi connectivity index (χ0) is 17.6. The van der Waals surface area contributed by atoms with Gasteiger partial charge in [-0.25, -0.2) is 0 Å². The van der Waals surface area contributed by atoms with Gasteiger partial charge in [0.2, 0.25) is 0 Å². The molecule has 3 rings (SSSR count). The first-order chi connectivity index (χ1) is 12.2. The summed E-state index contributed by atoms with van der Waals surface area (Å²) < 4.78 is 0. The molecule has 126 valence electrons. The maximum absolute atomic E-state index is 10.9. The molecule has 3 aromatic carbocycles. The largest absolute Gasteiger partial charge is 0.392 e. The lowest BCUT2D eigenvalue weighted by molar-refractivity contribution is 0.112. The summed E-state index contributed by atoms with van der Waals surface area (Å²) in [5.74, 6) is 0. The van der Waals surface area contributed by atoms with Crippen molar-refractivity contribution in [3.05, 3.63) is 89.5 Å². The Morgan fingerprint density at radius 1 is 0.640 bits per heavy atom. The minimum absolute atomic E-state index is 0.000487. The van der Waals surface area contributed by atoms with Gasteiger partial charge >= 0.3 is 0 Å². The van der Waals surface area contributed by atoms with Crippen molar-refractivity contribution in [2.45, 2.75) is 13.2 Å². The number of benzene rings is 3. The number of aliphatic hydroxyl groups excluding tert-OH is 2. The predicted molar refractivity (Wildman–Crippen MR) is 98.4 cm³/mol. The second kappa shape index (κ2) is 7.75. The molecule has 3 aromatic rings. The van der Waals surface area contributed by atoms with Crippen LogP contribution in [0.5, 0.6) is 0 Å². The summed E-state index contributed by atoms with van der Waals surface area (Å²) in [7, 11) is 0. The number of anilines is 3. The summed E-state index contributed by atoms with van der Waals surface area (Å²) >= 11 is 0. The van der Waals surface area contributed by atoms with Gasteiger partial charge in [0.1, 0.15) is 6.29 Å². The molecule has 0 radical (unpaired) electrons. The summed E-state index contributed by atoms with van der Waals surface area (Å²) in [5, 5.41) is 18.5. The highest BCUT2D eigenvalue weighted by Gasteiger charge is 2.12. The van der Waals surface area contributed by atoms with Crippen LogP contribution >= 0.6 is 0 Å². The summed E-state index contributed by atoms with van der Waals surface area (Å²) in [5.41, 5.74) is 5.10. The zero-order valence-corrected chi connectivity index (χ0v) is 13.7. The lowest BCUT2D eigenvalue weighted by Gasteiger charge is -2.26. The molecule has 4 heteroatoms. The molecule has 0 heterocycles. The normalized spacial score (nSPS) is 10.5. The van der Waals surface area contributed by atoms with Crippen molar-refractivity contribution >= 4 is 23.3 Å². The summed E-state index contributed by atoms with van der Waals surface area (Å²) in [6.45, 7) is -0.000975. The molecule has 0 bridgehead atoms. The van der Waals surface area contributed by atoms with Gasteiger partial charge in [0.15, 0.2) is 0 Å². The van der Waals surface area contributed by atoms with Crippen LogP contribution in [-0.4, -0.2) is 16.5 Å². The number of aldehydes is 1. The molecule has 0 aliphatic heterocycles. The fourth-order valence-electron chi connectivity index (χ4n) is 2.65. The second-order valence-corrected chi connectivity index (χ2v) is 5.69. The van der Waals surface area contributed by atoms with E-state index >= 15 is 0 Å². The van der Waals surface area contributed by atoms with Gasteiger partial charge in [0.05, 0.1) is 13.2 Å². The smallest absolute Gasteiger partial charge is 0.150 e. The molecular formula is C21H19NO3. The van der Waals surface area contributed by atoms with Crippen LogP contribution in [0.1, 0.15) is 21.5 Å². The van der Waals surface area contributed by atoms with Gasteiger partial charge in [0, 0.05) is 22.6 Å². The van der Waals surface area contributed by atoms with Gasteiger partial charge in [-0.15, -0.1) is 0 Å². The highest BCUT2D eigenvalue weighted by molar-refractivity contribution is 5.80. The Morgan fingerprint density at radius 2 is 1.00 bits per heavy atom. The van der Waals surface area contributed by atoms with Crippen LogP contribution in [0.2, 0.25) is 0 Å². The van der Waals surface area contributed by atoms with Crippen molar-refractivity contribution < 1.29 is 15.0 Å². The summed E-state index contributed by atoms with van der Waals surface area (Å²) in [4.78, 5) is 13.0. The monoisotopic (exact) mass is 333 g/mol. The summed E-state index contributed by atoms with van der Waals surface area (Å²) in [6, 6.07) is 22.6. The van der Waals surface area contributed by atoms with Crippen molar-refractivity contribution in [3.63, 3.8) is 0 Å². The Morgan fingerprint density at radius 3 is 1.32 bits per heavy atom. The molecule has 4 nitrogen and oxygen atoms in total. The molecule has 0 aliphatic rings. The maximum atomic E-state index is 10.9. The Hall–Kier alpha value is -2.95. The fraction of sp³-hybridized carbons (Fsp3) is 0.0952. The number of aliphatic hydroxyl groups is 2. The lowest BCUT2D eigenvalue weighted by atomic mass is 10.1. The molecule has 0 aliphatic carbocycles. The van der Waals surface area contributed by atoms with Crippen LogP contribution in [0.3, 0.4) is 0 Å². The van der Waals surface area contributed by atoms with Crippen LogP contribution in [0.15, 0.2) is 72.8 Å². The topological polar surface area (TPSA) is 60.8 Å².